The number of anilines is 1. The van der Waals surface area contributed by atoms with Crippen LogP contribution in [-0.2, 0) is 5.41 Å². The summed E-state index contributed by atoms with van der Waals surface area (Å²) in [7, 11) is 0. The first-order chi connectivity index (χ1) is 12.7. The molecular weight excluding hydrogens is 349 g/mol. The zero-order valence-electron chi connectivity index (χ0n) is 15.5. The van der Waals surface area contributed by atoms with Crippen LogP contribution in [0.4, 0.5) is 10.1 Å². The average Bonchev–Trinajstić information content (AvgIpc) is 3.24. The highest BCUT2D eigenvalue weighted by Crippen LogP contribution is 2.54. The van der Waals surface area contributed by atoms with Crippen molar-refractivity contribution in [1.82, 2.24) is 9.78 Å². The number of nitrogens with zero attached hydrogens (tertiary/aromatic N) is 3. The monoisotopic (exact) mass is 369 g/mol. The molecule has 2 heterocycles. The standard InChI is InChI=1S/C20H20FN3O3/c1-6-9-23-12(2)20(7-8-20)27-16-10-13(21)14(11-15(16)23)24-18(25)26-17(22-24)19(3,4)5/h1,10-11H,2,7-9H2,3-5H3. The van der Waals surface area contributed by atoms with Crippen LogP contribution in [0.5, 0.6) is 5.75 Å². The Labute approximate surface area is 156 Å². The molecule has 1 saturated carbocycles. The van der Waals surface area contributed by atoms with E-state index in [0.717, 1.165) is 23.2 Å². The second-order valence-corrected chi connectivity index (χ2v) is 7.94. The third-order valence-corrected chi connectivity index (χ3v) is 4.85. The smallest absolute Gasteiger partial charge is 0.442 e. The number of fused-ring (bicyclic) bond motifs is 1. The molecule has 2 aromatic rings. The Bertz CT molecular complexity index is 1050. The molecule has 0 amide bonds. The SMILES string of the molecule is C#CCN1C(=C)C2(CC2)Oc2cc(F)c(-n3nc(C(C)(C)C)oc3=O)cc21. The van der Waals surface area contributed by atoms with Crippen LogP contribution in [0.15, 0.2) is 33.6 Å². The highest BCUT2D eigenvalue weighted by atomic mass is 19.1. The van der Waals surface area contributed by atoms with Gasteiger partial charge in [0.1, 0.15) is 17.0 Å². The van der Waals surface area contributed by atoms with Gasteiger partial charge >= 0.3 is 5.76 Å². The lowest BCUT2D eigenvalue weighted by Crippen LogP contribution is -2.39. The summed E-state index contributed by atoms with van der Waals surface area (Å²) in [6.07, 6.45) is 7.14. The molecular formula is C20H20FN3O3. The molecule has 0 saturated heterocycles. The maximum atomic E-state index is 14.8. The van der Waals surface area contributed by atoms with Crippen molar-refractivity contribution >= 4 is 5.69 Å². The van der Waals surface area contributed by atoms with Gasteiger partial charge in [-0.2, -0.15) is 4.68 Å². The Hall–Kier alpha value is -3.01. The molecule has 0 radical (unpaired) electrons. The summed E-state index contributed by atoms with van der Waals surface area (Å²) in [4.78, 5) is 14.1. The Balaban J connectivity index is 1.87. The van der Waals surface area contributed by atoms with Crippen molar-refractivity contribution in [2.24, 2.45) is 0 Å². The van der Waals surface area contributed by atoms with E-state index >= 15 is 0 Å². The van der Waals surface area contributed by atoms with Gasteiger partial charge in [-0.1, -0.05) is 33.3 Å². The van der Waals surface area contributed by atoms with E-state index in [1.807, 2.05) is 25.7 Å². The topological polar surface area (TPSA) is 60.5 Å². The summed E-state index contributed by atoms with van der Waals surface area (Å²) in [6, 6.07) is 2.76. The molecule has 1 spiro atoms. The Kier molecular flexibility index (Phi) is 3.54. The summed E-state index contributed by atoms with van der Waals surface area (Å²) in [6.45, 7) is 9.95. The number of terminal acetylenes is 1. The number of benzene rings is 1. The molecule has 1 aliphatic heterocycles. The number of hydrogen-bond donors (Lipinski definition) is 0. The second kappa shape index (κ2) is 5.49. The predicted octanol–water partition coefficient (Wildman–Crippen LogP) is 3.14. The summed E-state index contributed by atoms with van der Waals surface area (Å²) in [5, 5.41) is 4.17. The molecule has 0 unspecified atom stereocenters. The van der Waals surface area contributed by atoms with Crippen LogP contribution in [0.3, 0.4) is 0 Å². The molecule has 2 aliphatic rings. The van der Waals surface area contributed by atoms with E-state index in [1.54, 1.807) is 0 Å². The summed E-state index contributed by atoms with van der Waals surface area (Å²) in [5.74, 6) is 1.82. The van der Waals surface area contributed by atoms with Crippen LogP contribution >= 0.6 is 0 Å². The molecule has 0 bridgehead atoms. The molecule has 0 atom stereocenters. The molecule has 1 aromatic carbocycles. The van der Waals surface area contributed by atoms with Gasteiger partial charge in [-0.25, -0.2) is 9.18 Å². The van der Waals surface area contributed by atoms with Crippen LogP contribution in [0, 0.1) is 18.2 Å². The van der Waals surface area contributed by atoms with Crippen molar-refractivity contribution in [3.05, 3.63) is 46.7 Å². The highest BCUT2D eigenvalue weighted by Gasteiger charge is 2.53. The Morgan fingerprint density at radius 1 is 1.37 bits per heavy atom. The van der Waals surface area contributed by atoms with Gasteiger partial charge in [-0.3, -0.25) is 0 Å². The van der Waals surface area contributed by atoms with E-state index in [1.165, 1.54) is 12.1 Å². The summed E-state index contributed by atoms with van der Waals surface area (Å²) in [5.41, 5.74) is 0.290. The van der Waals surface area contributed by atoms with Crippen LogP contribution in [0.25, 0.3) is 5.69 Å². The molecule has 7 heteroatoms. The van der Waals surface area contributed by atoms with Crippen molar-refractivity contribution in [2.45, 2.75) is 44.6 Å². The molecule has 140 valence electrons. The van der Waals surface area contributed by atoms with Gasteiger partial charge < -0.3 is 14.1 Å². The largest absolute Gasteiger partial charge is 0.479 e. The van der Waals surface area contributed by atoms with Crippen LogP contribution in [-0.4, -0.2) is 21.9 Å². The lowest BCUT2D eigenvalue weighted by atomic mass is 9.97. The first kappa shape index (κ1) is 17.4. The molecule has 4 rings (SSSR count). The normalized spacial score (nSPS) is 17.4. The molecule has 6 nitrogen and oxygen atoms in total. The van der Waals surface area contributed by atoms with Crippen molar-refractivity contribution in [3.63, 3.8) is 0 Å². The summed E-state index contributed by atoms with van der Waals surface area (Å²) >= 11 is 0. The molecule has 0 N–H and O–H groups in total. The highest BCUT2D eigenvalue weighted by molar-refractivity contribution is 5.70. The van der Waals surface area contributed by atoms with E-state index in [4.69, 9.17) is 15.6 Å². The van der Waals surface area contributed by atoms with Gasteiger partial charge in [0.2, 0.25) is 5.89 Å². The van der Waals surface area contributed by atoms with E-state index < -0.39 is 22.6 Å². The Morgan fingerprint density at radius 3 is 2.63 bits per heavy atom. The zero-order chi connectivity index (χ0) is 19.6. The maximum absolute atomic E-state index is 14.8. The number of halogens is 1. The van der Waals surface area contributed by atoms with Gasteiger partial charge in [0.15, 0.2) is 5.82 Å². The minimum absolute atomic E-state index is 0.0248. The van der Waals surface area contributed by atoms with Gasteiger partial charge in [0.05, 0.1) is 17.9 Å². The first-order valence-electron chi connectivity index (χ1n) is 8.70. The average molecular weight is 369 g/mol. The fourth-order valence-electron chi connectivity index (χ4n) is 3.16. The number of hydrogen-bond acceptors (Lipinski definition) is 5. The fourth-order valence-corrected chi connectivity index (χ4v) is 3.16. The lowest BCUT2D eigenvalue weighted by Gasteiger charge is -2.37. The van der Waals surface area contributed by atoms with E-state index in [2.05, 4.69) is 17.6 Å². The maximum Gasteiger partial charge on any atom is 0.442 e. The van der Waals surface area contributed by atoms with Gasteiger partial charge in [-0.05, 0) is 18.9 Å². The van der Waals surface area contributed by atoms with Crippen molar-refractivity contribution < 1.29 is 13.5 Å². The van der Waals surface area contributed by atoms with Crippen molar-refractivity contribution in [2.75, 3.05) is 11.4 Å². The number of aromatic nitrogens is 2. The lowest BCUT2D eigenvalue weighted by molar-refractivity contribution is 0.203. The first-order valence-corrected chi connectivity index (χ1v) is 8.70. The van der Waals surface area contributed by atoms with Crippen LogP contribution in [0.2, 0.25) is 0 Å². The molecule has 1 fully saturated rings. The molecule has 1 aromatic heterocycles. The quantitative estimate of drug-likeness (QED) is 0.761. The third-order valence-electron chi connectivity index (χ3n) is 4.85. The van der Waals surface area contributed by atoms with Crippen LogP contribution in [0.1, 0.15) is 39.5 Å². The zero-order valence-corrected chi connectivity index (χ0v) is 15.5. The number of ether oxygens (including phenoxy) is 1. The van der Waals surface area contributed by atoms with Gasteiger partial charge in [0.25, 0.3) is 0 Å². The van der Waals surface area contributed by atoms with E-state index in [0.29, 0.717) is 11.4 Å². The predicted molar refractivity (Wildman–Crippen MR) is 98.7 cm³/mol. The molecule has 27 heavy (non-hydrogen) atoms. The fraction of sp³-hybridized carbons (Fsp3) is 0.400. The minimum Gasteiger partial charge on any atom is -0.479 e. The van der Waals surface area contributed by atoms with Crippen molar-refractivity contribution in [3.8, 4) is 23.8 Å². The van der Waals surface area contributed by atoms with Crippen molar-refractivity contribution in [1.29, 1.82) is 0 Å². The van der Waals surface area contributed by atoms with Gasteiger partial charge in [-0.15, -0.1) is 11.5 Å². The van der Waals surface area contributed by atoms with Crippen LogP contribution < -0.4 is 15.4 Å². The second-order valence-electron chi connectivity index (χ2n) is 7.94. The van der Waals surface area contributed by atoms with Gasteiger partial charge in [0, 0.05) is 11.5 Å². The summed E-state index contributed by atoms with van der Waals surface area (Å²) < 4.78 is 27.0. The van der Waals surface area contributed by atoms with E-state index in [9.17, 15) is 9.18 Å². The molecule has 1 aliphatic carbocycles. The minimum atomic E-state index is -0.753. The number of rotatable bonds is 2. The van der Waals surface area contributed by atoms with E-state index in [-0.39, 0.29) is 18.1 Å². The third kappa shape index (κ3) is 2.64. The Morgan fingerprint density at radius 2 is 2.07 bits per heavy atom.